The topological polar surface area (TPSA) is 41.7 Å². The van der Waals surface area contributed by atoms with E-state index in [4.69, 9.17) is 10.5 Å². The summed E-state index contributed by atoms with van der Waals surface area (Å²) in [6.07, 6.45) is 1.29. The minimum Gasteiger partial charge on any atom is -0.492 e. The van der Waals surface area contributed by atoms with E-state index < -0.39 is 0 Å². The van der Waals surface area contributed by atoms with Crippen molar-refractivity contribution in [3.8, 4) is 5.75 Å². The van der Waals surface area contributed by atoms with E-state index in [9.17, 15) is 0 Å². The van der Waals surface area contributed by atoms with E-state index in [0.717, 1.165) is 23.8 Å². The van der Waals surface area contributed by atoms with Crippen LogP contribution in [0.2, 0.25) is 0 Å². The third-order valence-corrected chi connectivity index (χ3v) is 4.70. The predicted octanol–water partition coefficient (Wildman–Crippen LogP) is 1.33. The molecule has 20 heavy (non-hydrogen) atoms. The molecule has 0 amide bonds. The lowest BCUT2D eigenvalue weighted by Gasteiger charge is -2.38. The Hall–Kier alpha value is -1.10. The monoisotopic (exact) mass is 275 g/mol. The van der Waals surface area contributed by atoms with Crippen LogP contribution < -0.4 is 10.5 Å². The van der Waals surface area contributed by atoms with Crippen LogP contribution >= 0.6 is 0 Å². The summed E-state index contributed by atoms with van der Waals surface area (Å²) >= 11 is 0. The zero-order valence-corrected chi connectivity index (χ0v) is 12.5. The van der Waals surface area contributed by atoms with Crippen LogP contribution in [0, 0.1) is 5.92 Å². The lowest BCUT2D eigenvalue weighted by molar-refractivity contribution is 0.107. The highest BCUT2D eigenvalue weighted by atomic mass is 16.5. The van der Waals surface area contributed by atoms with E-state index in [-0.39, 0.29) is 12.1 Å². The Morgan fingerprint density at radius 3 is 2.95 bits per heavy atom. The van der Waals surface area contributed by atoms with Gasteiger partial charge >= 0.3 is 0 Å². The van der Waals surface area contributed by atoms with E-state index in [1.807, 2.05) is 18.2 Å². The molecule has 110 valence electrons. The highest BCUT2D eigenvalue weighted by Crippen LogP contribution is 2.32. The van der Waals surface area contributed by atoms with E-state index in [1.165, 1.54) is 19.5 Å². The lowest BCUT2D eigenvalue weighted by Crippen LogP contribution is -2.48. The Bertz CT molecular complexity index is 465. The number of likely N-dealkylation sites (N-methyl/N-ethyl adjacent to an activating group) is 1. The normalized spacial score (nSPS) is 30.3. The molecule has 1 aromatic carbocycles. The van der Waals surface area contributed by atoms with Crippen molar-refractivity contribution in [1.82, 2.24) is 9.80 Å². The number of hydrogen-bond donors (Lipinski definition) is 1. The number of rotatable bonds is 3. The maximum Gasteiger partial charge on any atom is 0.124 e. The van der Waals surface area contributed by atoms with Crippen LogP contribution in [0.5, 0.6) is 5.75 Å². The Morgan fingerprint density at radius 2 is 2.20 bits per heavy atom. The van der Waals surface area contributed by atoms with Gasteiger partial charge in [-0.15, -0.1) is 0 Å². The molecule has 3 unspecified atom stereocenters. The summed E-state index contributed by atoms with van der Waals surface area (Å²) < 4.78 is 5.88. The zero-order valence-electron chi connectivity index (χ0n) is 12.5. The first-order valence-electron chi connectivity index (χ1n) is 7.51. The van der Waals surface area contributed by atoms with Crippen molar-refractivity contribution in [3.63, 3.8) is 0 Å². The number of benzene rings is 1. The Morgan fingerprint density at radius 1 is 1.40 bits per heavy atom. The van der Waals surface area contributed by atoms with Gasteiger partial charge in [-0.2, -0.15) is 0 Å². The second kappa shape index (κ2) is 5.72. The van der Waals surface area contributed by atoms with Crippen molar-refractivity contribution in [2.45, 2.75) is 18.5 Å². The zero-order chi connectivity index (χ0) is 14.1. The summed E-state index contributed by atoms with van der Waals surface area (Å²) in [5.41, 5.74) is 7.60. The van der Waals surface area contributed by atoms with Crippen LogP contribution in [-0.4, -0.2) is 56.2 Å². The number of hydrogen-bond acceptors (Lipinski definition) is 4. The van der Waals surface area contributed by atoms with Gasteiger partial charge in [0, 0.05) is 18.7 Å². The molecular formula is C16H25N3O. The number of nitrogens with zero attached hydrogens (tertiary/aromatic N) is 2. The van der Waals surface area contributed by atoms with E-state index in [2.05, 4.69) is 30.0 Å². The summed E-state index contributed by atoms with van der Waals surface area (Å²) in [6.45, 7) is 4.21. The van der Waals surface area contributed by atoms with Gasteiger partial charge < -0.3 is 15.4 Å². The SMILES string of the molecule is CN1CCC(CN(C)C2COc3ccccc3C2N)C1. The number of ether oxygens (including phenoxy) is 1. The van der Waals surface area contributed by atoms with Crippen LogP contribution in [0.15, 0.2) is 24.3 Å². The van der Waals surface area contributed by atoms with Crippen molar-refractivity contribution in [1.29, 1.82) is 0 Å². The molecule has 0 aromatic heterocycles. The molecule has 3 rings (SSSR count). The predicted molar refractivity (Wildman–Crippen MR) is 80.9 cm³/mol. The molecular weight excluding hydrogens is 250 g/mol. The number of para-hydroxylation sites is 1. The lowest BCUT2D eigenvalue weighted by atomic mass is 9.95. The van der Waals surface area contributed by atoms with Crippen molar-refractivity contribution in [3.05, 3.63) is 29.8 Å². The van der Waals surface area contributed by atoms with Gasteiger partial charge in [0.05, 0.1) is 12.1 Å². The largest absolute Gasteiger partial charge is 0.492 e. The maximum atomic E-state index is 6.46. The third-order valence-electron chi connectivity index (χ3n) is 4.70. The van der Waals surface area contributed by atoms with Crippen LogP contribution in [-0.2, 0) is 0 Å². The van der Waals surface area contributed by atoms with Crippen molar-refractivity contribution in [2.75, 3.05) is 40.3 Å². The first-order valence-corrected chi connectivity index (χ1v) is 7.51. The highest BCUT2D eigenvalue weighted by Gasteiger charge is 2.32. The van der Waals surface area contributed by atoms with Crippen LogP contribution in [0.3, 0.4) is 0 Å². The summed E-state index contributed by atoms with van der Waals surface area (Å²) in [6, 6.07) is 8.46. The average Bonchev–Trinajstić information content (AvgIpc) is 2.84. The number of likely N-dealkylation sites (tertiary alicyclic amines) is 1. The molecule has 4 heteroatoms. The van der Waals surface area contributed by atoms with Gasteiger partial charge in [0.2, 0.25) is 0 Å². The van der Waals surface area contributed by atoms with Crippen molar-refractivity contribution >= 4 is 0 Å². The third kappa shape index (κ3) is 2.68. The minimum atomic E-state index is 0.0454. The molecule has 0 spiro atoms. The molecule has 1 saturated heterocycles. The standard InChI is InChI=1S/C16H25N3O/c1-18-8-7-12(9-18)10-19(2)14-11-20-15-6-4-3-5-13(15)16(14)17/h3-6,12,14,16H,7-11,17H2,1-2H3. The fourth-order valence-corrected chi connectivity index (χ4v) is 3.49. The molecule has 2 aliphatic heterocycles. The van der Waals surface area contributed by atoms with E-state index >= 15 is 0 Å². The summed E-state index contributed by atoms with van der Waals surface area (Å²) in [4.78, 5) is 4.80. The Balaban J connectivity index is 1.66. The summed E-state index contributed by atoms with van der Waals surface area (Å²) in [7, 11) is 4.38. The fourth-order valence-electron chi connectivity index (χ4n) is 3.49. The first-order chi connectivity index (χ1) is 9.65. The quantitative estimate of drug-likeness (QED) is 0.903. The van der Waals surface area contributed by atoms with E-state index in [1.54, 1.807) is 0 Å². The van der Waals surface area contributed by atoms with Crippen LogP contribution in [0.25, 0.3) is 0 Å². The second-order valence-electron chi connectivity index (χ2n) is 6.30. The molecule has 2 N–H and O–H groups in total. The van der Waals surface area contributed by atoms with Gasteiger partial charge in [-0.05, 0) is 39.0 Å². The molecule has 1 fully saturated rings. The second-order valence-corrected chi connectivity index (χ2v) is 6.30. The molecule has 2 aliphatic rings. The smallest absolute Gasteiger partial charge is 0.124 e. The van der Waals surface area contributed by atoms with Crippen molar-refractivity contribution in [2.24, 2.45) is 11.7 Å². The van der Waals surface area contributed by atoms with Crippen LogP contribution in [0.1, 0.15) is 18.0 Å². The summed E-state index contributed by atoms with van der Waals surface area (Å²) in [5.74, 6) is 1.71. The Labute approximate surface area is 121 Å². The van der Waals surface area contributed by atoms with Gasteiger partial charge in [-0.3, -0.25) is 4.90 Å². The molecule has 0 aliphatic carbocycles. The Kier molecular flexibility index (Phi) is 3.96. The van der Waals surface area contributed by atoms with Crippen molar-refractivity contribution < 1.29 is 4.74 Å². The first kappa shape index (κ1) is 13.9. The molecule has 2 heterocycles. The molecule has 3 atom stereocenters. The maximum absolute atomic E-state index is 6.46. The molecule has 1 aromatic rings. The number of nitrogens with two attached hydrogens (primary N) is 1. The summed E-state index contributed by atoms with van der Waals surface area (Å²) in [5, 5.41) is 0. The fraction of sp³-hybridized carbons (Fsp3) is 0.625. The highest BCUT2D eigenvalue weighted by molar-refractivity contribution is 5.38. The van der Waals surface area contributed by atoms with Gasteiger partial charge in [0.25, 0.3) is 0 Å². The molecule has 0 saturated carbocycles. The number of fused-ring (bicyclic) bond motifs is 1. The van der Waals surface area contributed by atoms with E-state index in [0.29, 0.717) is 6.61 Å². The van der Waals surface area contributed by atoms with Gasteiger partial charge in [-0.25, -0.2) is 0 Å². The van der Waals surface area contributed by atoms with Crippen LogP contribution in [0.4, 0.5) is 0 Å². The molecule has 0 radical (unpaired) electrons. The van der Waals surface area contributed by atoms with Gasteiger partial charge in [0.1, 0.15) is 12.4 Å². The molecule has 4 nitrogen and oxygen atoms in total. The minimum absolute atomic E-state index is 0.0454. The molecule has 0 bridgehead atoms. The van der Waals surface area contributed by atoms with Gasteiger partial charge in [-0.1, -0.05) is 18.2 Å². The average molecular weight is 275 g/mol. The van der Waals surface area contributed by atoms with Gasteiger partial charge in [0.15, 0.2) is 0 Å².